The highest BCUT2D eigenvalue weighted by atomic mass is 127. The van der Waals surface area contributed by atoms with Crippen molar-refractivity contribution in [2.24, 2.45) is 0 Å². The van der Waals surface area contributed by atoms with Gasteiger partial charge in [0.05, 0.1) is 16.9 Å². The maximum atomic E-state index is 12.4. The van der Waals surface area contributed by atoms with Crippen LogP contribution in [0.4, 0.5) is 15.8 Å². The Morgan fingerprint density at radius 3 is 2.65 bits per heavy atom. The second kappa shape index (κ2) is 7.21. The fourth-order valence-corrected chi connectivity index (χ4v) is 3.06. The molecule has 0 aliphatic carbocycles. The Kier molecular flexibility index (Phi) is 5.51. The van der Waals surface area contributed by atoms with Gasteiger partial charge in [-0.1, -0.05) is 11.3 Å². The molecule has 1 heterocycles. The Hall–Kier alpha value is -1.76. The number of thiazole rings is 1. The van der Waals surface area contributed by atoms with Gasteiger partial charge in [0.2, 0.25) is 5.91 Å². The highest BCUT2D eigenvalue weighted by Crippen LogP contribution is 2.30. The molecule has 0 saturated heterocycles. The predicted molar refractivity (Wildman–Crippen MR) is 95.9 cm³/mol. The van der Waals surface area contributed by atoms with Crippen LogP contribution in [0.3, 0.4) is 0 Å². The van der Waals surface area contributed by atoms with Crippen molar-refractivity contribution in [3.63, 3.8) is 0 Å². The van der Waals surface area contributed by atoms with Crippen LogP contribution in [0.1, 0.15) is 23.0 Å². The van der Waals surface area contributed by atoms with Crippen LogP contribution in [-0.4, -0.2) is 22.0 Å². The zero-order valence-electron chi connectivity index (χ0n) is 12.1. The molecule has 8 nitrogen and oxygen atoms in total. The van der Waals surface area contributed by atoms with Gasteiger partial charge in [-0.15, -0.1) is 0 Å². The lowest BCUT2D eigenvalue weighted by molar-refractivity contribution is -0.114. The summed E-state index contributed by atoms with van der Waals surface area (Å²) in [4.78, 5) is 27.6. The zero-order valence-corrected chi connectivity index (χ0v) is 15.1. The highest BCUT2D eigenvalue weighted by molar-refractivity contribution is 14.1. The van der Waals surface area contributed by atoms with Crippen molar-refractivity contribution in [3.05, 3.63) is 38.2 Å². The van der Waals surface area contributed by atoms with Gasteiger partial charge < -0.3 is 15.8 Å². The van der Waals surface area contributed by atoms with Gasteiger partial charge in [0.15, 0.2) is 5.13 Å². The molecule has 122 valence electrons. The van der Waals surface area contributed by atoms with E-state index in [2.05, 4.69) is 38.2 Å². The van der Waals surface area contributed by atoms with Crippen LogP contribution >= 0.6 is 33.9 Å². The average molecular weight is 447 g/mol. The average Bonchev–Trinajstić information content (AvgIpc) is 2.79. The largest absolute Gasteiger partial charge is 0.733 e. The number of benzene rings is 1. The second-order valence-electron chi connectivity index (χ2n) is 4.51. The summed E-state index contributed by atoms with van der Waals surface area (Å²) in [5, 5.41) is 24.9. The summed E-state index contributed by atoms with van der Waals surface area (Å²) in [6.07, 6.45) is 0. The first-order valence-corrected chi connectivity index (χ1v) is 8.19. The van der Waals surface area contributed by atoms with Gasteiger partial charge in [0.1, 0.15) is 5.00 Å². The molecule has 0 atom stereocenters. The van der Waals surface area contributed by atoms with E-state index in [1.807, 2.05) is 0 Å². The third kappa shape index (κ3) is 4.37. The van der Waals surface area contributed by atoms with Crippen LogP contribution < -0.4 is 15.9 Å². The first-order chi connectivity index (χ1) is 10.8. The molecule has 10 heteroatoms. The standard InChI is InChI=1S/C13H12IN4O4S/c1-6-12(18(21)22)23-13(15-6)17-11(20)9-4-3-8(14)5-10(9)16-7(2)19/h3-5,21H,1-2H3,(H,16,19)(H,15,17,20)/q-1. The van der Waals surface area contributed by atoms with E-state index in [9.17, 15) is 14.8 Å². The van der Waals surface area contributed by atoms with Crippen LogP contribution in [0.15, 0.2) is 18.2 Å². The minimum absolute atomic E-state index is 0.00926. The van der Waals surface area contributed by atoms with E-state index in [4.69, 9.17) is 5.21 Å². The lowest BCUT2D eigenvalue weighted by Crippen LogP contribution is -2.16. The number of nitrogens with one attached hydrogen (secondary N) is 2. The number of hydrogen-bond acceptors (Lipinski definition) is 7. The van der Waals surface area contributed by atoms with Crippen molar-refractivity contribution in [1.29, 1.82) is 0 Å². The molecular weight excluding hydrogens is 435 g/mol. The Morgan fingerprint density at radius 2 is 2.09 bits per heavy atom. The first kappa shape index (κ1) is 17.6. The first-order valence-electron chi connectivity index (χ1n) is 6.30. The summed E-state index contributed by atoms with van der Waals surface area (Å²) in [5.41, 5.74) is 0.938. The van der Waals surface area contributed by atoms with Crippen LogP contribution in [0, 0.1) is 15.7 Å². The van der Waals surface area contributed by atoms with Crippen LogP contribution in [0.2, 0.25) is 0 Å². The maximum Gasteiger partial charge on any atom is 0.259 e. The molecule has 2 rings (SSSR count). The fourth-order valence-electron chi connectivity index (χ4n) is 1.79. The van der Waals surface area contributed by atoms with Gasteiger partial charge in [-0.25, -0.2) is 4.98 Å². The van der Waals surface area contributed by atoms with Gasteiger partial charge in [-0.05, 0) is 47.7 Å². The molecule has 3 N–H and O–H groups in total. The van der Waals surface area contributed by atoms with Gasteiger partial charge in [0, 0.05) is 10.5 Å². The smallest absolute Gasteiger partial charge is 0.259 e. The molecule has 0 unspecified atom stereocenters. The summed E-state index contributed by atoms with van der Waals surface area (Å²) >= 11 is 2.91. The van der Waals surface area contributed by atoms with Gasteiger partial charge in [-0.3, -0.25) is 20.1 Å². The fraction of sp³-hybridized carbons (Fsp3) is 0.154. The van der Waals surface area contributed by atoms with Gasteiger partial charge in [-0.2, -0.15) is 0 Å². The van der Waals surface area contributed by atoms with Crippen LogP contribution in [-0.2, 0) is 4.79 Å². The van der Waals surface area contributed by atoms with Crippen molar-refractivity contribution >= 4 is 61.6 Å². The molecule has 0 saturated carbocycles. The quantitative estimate of drug-likeness (QED) is 0.490. The van der Waals surface area contributed by atoms with E-state index in [1.165, 1.54) is 13.8 Å². The number of rotatable bonds is 4. The lowest BCUT2D eigenvalue weighted by atomic mass is 10.1. The highest BCUT2D eigenvalue weighted by Gasteiger charge is 2.16. The van der Waals surface area contributed by atoms with E-state index in [0.717, 1.165) is 14.9 Å². The molecule has 1 aromatic carbocycles. The zero-order chi connectivity index (χ0) is 17.1. The molecule has 1 aromatic heterocycles. The van der Waals surface area contributed by atoms with Gasteiger partial charge >= 0.3 is 0 Å². The summed E-state index contributed by atoms with van der Waals surface area (Å²) < 4.78 is 0.859. The second-order valence-corrected chi connectivity index (χ2v) is 6.73. The minimum atomic E-state index is -0.485. The van der Waals surface area contributed by atoms with E-state index in [-0.39, 0.29) is 26.8 Å². The molecule has 0 fully saturated rings. The summed E-state index contributed by atoms with van der Waals surface area (Å²) in [6, 6.07) is 4.98. The maximum absolute atomic E-state index is 12.4. The number of aryl methyl sites for hydroxylation is 1. The van der Waals surface area contributed by atoms with E-state index >= 15 is 0 Å². The summed E-state index contributed by atoms with van der Waals surface area (Å²) in [7, 11) is 0. The van der Waals surface area contributed by atoms with Crippen molar-refractivity contribution in [3.8, 4) is 0 Å². The summed E-state index contributed by atoms with van der Waals surface area (Å²) in [5.74, 6) is -0.781. The number of amides is 2. The number of nitrogens with zero attached hydrogens (tertiary/aromatic N) is 2. The number of carbonyl (C=O) groups is 2. The molecular formula is C13H12IN4O4S-. The number of anilines is 3. The van der Waals surface area contributed by atoms with Crippen LogP contribution in [0.25, 0.3) is 0 Å². The van der Waals surface area contributed by atoms with Gasteiger partial charge in [0.25, 0.3) is 5.91 Å². The topological polar surface area (TPSA) is 118 Å². The Balaban J connectivity index is 2.27. The van der Waals surface area contributed by atoms with Crippen LogP contribution in [0.5, 0.6) is 0 Å². The SMILES string of the molecule is CC(=O)Nc1cc(I)ccc1C(=O)Nc1nc(C)c(N([O-])O)s1. The van der Waals surface area contributed by atoms with Crippen molar-refractivity contribution in [1.82, 2.24) is 4.98 Å². The molecule has 0 aliphatic rings. The number of carbonyl (C=O) groups excluding carboxylic acids is 2. The molecule has 23 heavy (non-hydrogen) atoms. The Bertz CT molecular complexity index is 762. The number of aromatic nitrogens is 1. The van der Waals surface area contributed by atoms with E-state index < -0.39 is 5.91 Å². The number of hydrogen-bond donors (Lipinski definition) is 3. The molecule has 0 radical (unpaired) electrons. The lowest BCUT2D eigenvalue weighted by Gasteiger charge is -2.18. The molecule has 2 aromatic rings. The normalized spacial score (nSPS) is 10.3. The third-order valence-corrected chi connectivity index (χ3v) is 4.41. The minimum Gasteiger partial charge on any atom is -0.733 e. The molecule has 0 aliphatic heterocycles. The Morgan fingerprint density at radius 1 is 1.39 bits per heavy atom. The van der Waals surface area contributed by atoms with E-state index in [0.29, 0.717) is 11.4 Å². The summed E-state index contributed by atoms with van der Waals surface area (Å²) in [6.45, 7) is 2.89. The number of halogens is 1. The molecule has 0 spiro atoms. The molecule has 2 amide bonds. The van der Waals surface area contributed by atoms with Crippen molar-refractivity contribution in [2.45, 2.75) is 13.8 Å². The third-order valence-electron chi connectivity index (χ3n) is 2.70. The monoisotopic (exact) mass is 447 g/mol. The predicted octanol–water partition coefficient (Wildman–Crippen LogP) is 2.96. The molecule has 0 bridgehead atoms. The van der Waals surface area contributed by atoms with Crippen molar-refractivity contribution < 1.29 is 14.8 Å². The van der Waals surface area contributed by atoms with Crippen molar-refractivity contribution in [2.75, 3.05) is 15.9 Å². The van der Waals surface area contributed by atoms with E-state index in [1.54, 1.807) is 18.2 Å². The Labute approximate surface area is 149 Å².